The maximum atomic E-state index is 11.4. The van der Waals surface area contributed by atoms with E-state index in [-0.39, 0.29) is 5.75 Å². The van der Waals surface area contributed by atoms with Crippen molar-refractivity contribution in [3.05, 3.63) is 24.5 Å². The number of unbranched alkanes of at least 4 members (excludes halogenated alkanes) is 1. The van der Waals surface area contributed by atoms with Gasteiger partial charge in [-0.3, -0.25) is 9.71 Å². The molecular weight excluding hydrogens is 200 g/mol. The highest BCUT2D eigenvalue weighted by atomic mass is 32.2. The van der Waals surface area contributed by atoms with Gasteiger partial charge in [0.25, 0.3) is 0 Å². The average Bonchev–Trinajstić information content (AvgIpc) is 2.16. The molecule has 0 fully saturated rings. The third-order valence-corrected chi connectivity index (χ3v) is 3.07. The molecule has 78 valence electrons. The Bertz CT molecular complexity index is 362. The van der Waals surface area contributed by atoms with Crippen LogP contribution in [-0.4, -0.2) is 19.2 Å². The van der Waals surface area contributed by atoms with Gasteiger partial charge in [-0.2, -0.15) is 0 Å². The lowest BCUT2D eigenvalue weighted by molar-refractivity contribution is 0.598. The Hall–Kier alpha value is -1.10. The molecule has 1 rings (SSSR count). The van der Waals surface area contributed by atoms with Gasteiger partial charge in [0.1, 0.15) is 0 Å². The van der Waals surface area contributed by atoms with Crippen LogP contribution in [0.3, 0.4) is 0 Å². The quantitative estimate of drug-likeness (QED) is 0.810. The Morgan fingerprint density at radius 3 is 2.86 bits per heavy atom. The maximum Gasteiger partial charge on any atom is 0.232 e. The highest BCUT2D eigenvalue weighted by molar-refractivity contribution is 7.92. The summed E-state index contributed by atoms with van der Waals surface area (Å²) in [5.74, 6) is 0.165. The molecule has 0 amide bonds. The molecule has 0 atom stereocenters. The van der Waals surface area contributed by atoms with Gasteiger partial charge in [0.2, 0.25) is 10.0 Å². The van der Waals surface area contributed by atoms with E-state index in [0.29, 0.717) is 12.1 Å². The summed E-state index contributed by atoms with van der Waals surface area (Å²) in [7, 11) is -3.19. The van der Waals surface area contributed by atoms with Gasteiger partial charge in [0, 0.05) is 6.20 Å². The molecule has 0 aromatic carbocycles. The fourth-order valence-electron chi connectivity index (χ4n) is 0.988. The molecule has 0 unspecified atom stereocenters. The largest absolute Gasteiger partial charge is 0.282 e. The van der Waals surface area contributed by atoms with E-state index in [9.17, 15) is 8.42 Å². The van der Waals surface area contributed by atoms with Crippen LogP contribution in [0.15, 0.2) is 24.5 Å². The standard InChI is InChI=1S/C9H14N2O2S/c1-2-3-7-14(12,13)11-9-5-4-6-10-8-9/h4-6,8,11H,2-3,7H2,1H3. The van der Waals surface area contributed by atoms with Crippen LogP contribution in [0.4, 0.5) is 5.69 Å². The van der Waals surface area contributed by atoms with Crippen molar-refractivity contribution < 1.29 is 8.42 Å². The molecule has 0 spiro atoms. The topological polar surface area (TPSA) is 59.1 Å². The third kappa shape index (κ3) is 3.74. The van der Waals surface area contributed by atoms with E-state index in [1.54, 1.807) is 18.3 Å². The molecule has 1 heterocycles. The summed E-state index contributed by atoms with van der Waals surface area (Å²) >= 11 is 0. The van der Waals surface area contributed by atoms with Crippen molar-refractivity contribution in [2.75, 3.05) is 10.5 Å². The monoisotopic (exact) mass is 214 g/mol. The second-order valence-electron chi connectivity index (χ2n) is 3.02. The molecule has 1 N–H and O–H groups in total. The molecule has 1 aromatic rings. The number of pyridine rings is 1. The average molecular weight is 214 g/mol. The first-order chi connectivity index (χ1) is 6.64. The highest BCUT2D eigenvalue weighted by Gasteiger charge is 2.08. The first-order valence-electron chi connectivity index (χ1n) is 4.54. The van der Waals surface area contributed by atoms with E-state index in [1.165, 1.54) is 6.20 Å². The number of aromatic nitrogens is 1. The zero-order valence-electron chi connectivity index (χ0n) is 8.10. The number of sulfonamides is 1. The van der Waals surface area contributed by atoms with Crippen molar-refractivity contribution in [2.24, 2.45) is 0 Å². The van der Waals surface area contributed by atoms with Crippen LogP contribution in [0.25, 0.3) is 0 Å². The number of nitrogens with zero attached hydrogens (tertiary/aromatic N) is 1. The van der Waals surface area contributed by atoms with Crippen molar-refractivity contribution in [1.82, 2.24) is 4.98 Å². The number of nitrogens with one attached hydrogen (secondary N) is 1. The summed E-state index contributed by atoms with van der Waals surface area (Å²) in [4.78, 5) is 3.82. The molecule has 4 nitrogen and oxygen atoms in total. The van der Waals surface area contributed by atoms with Crippen molar-refractivity contribution in [2.45, 2.75) is 19.8 Å². The minimum absolute atomic E-state index is 0.165. The first-order valence-corrected chi connectivity index (χ1v) is 6.20. The Kier molecular flexibility index (Phi) is 3.88. The second-order valence-corrected chi connectivity index (χ2v) is 4.86. The summed E-state index contributed by atoms with van der Waals surface area (Å²) in [6.45, 7) is 1.96. The van der Waals surface area contributed by atoms with Gasteiger partial charge in [-0.05, 0) is 18.6 Å². The number of hydrogen-bond acceptors (Lipinski definition) is 3. The molecule has 0 radical (unpaired) electrons. The van der Waals surface area contributed by atoms with Crippen molar-refractivity contribution >= 4 is 15.7 Å². The molecule has 1 aromatic heterocycles. The smallest absolute Gasteiger partial charge is 0.232 e. The molecule has 0 saturated heterocycles. The van der Waals surface area contributed by atoms with Gasteiger partial charge in [-0.25, -0.2) is 8.42 Å². The van der Waals surface area contributed by atoms with Crippen LogP contribution in [0.5, 0.6) is 0 Å². The van der Waals surface area contributed by atoms with Crippen LogP contribution in [0, 0.1) is 0 Å². The lowest BCUT2D eigenvalue weighted by Crippen LogP contribution is -2.16. The molecular formula is C9H14N2O2S. The molecule has 0 bridgehead atoms. The minimum atomic E-state index is -3.19. The Morgan fingerprint density at radius 2 is 2.29 bits per heavy atom. The Balaban J connectivity index is 2.60. The molecule has 0 aliphatic heterocycles. The number of anilines is 1. The summed E-state index contributed by atoms with van der Waals surface area (Å²) in [6.07, 6.45) is 4.64. The molecule has 0 aliphatic rings. The highest BCUT2D eigenvalue weighted by Crippen LogP contribution is 2.07. The van der Waals surface area contributed by atoms with Gasteiger partial charge >= 0.3 is 0 Å². The fraction of sp³-hybridized carbons (Fsp3) is 0.444. The van der Waals surface area contributed by atoms with E-state index in [0.717, 1.165) is 6.42 Å². The van der Waals surface area contributed by atoms with Gasteiger partial charge in [-0.15, -0.1) is 0 Å². The van der Waals surface area contributed by atoms with Crippen LogP contribution >= 0.6 is 0 Å². The SMILES string of the molecule is CCCCS(=O)(=O)Nc1cccnc1. The second kappa shape index (κ2) is 4.95. The first kappa shape index (κ1) is 11.0. The molecule has 0 saturated carbocycles. The number of hydrogen-bond donors (Lipinski definition) is 1. The summed E-state index contributed by atoms with van der Waals surface area (Å²) < 4.78 is 25.3. The van der Waals surface area contributed by atoms with E-state index in [4.69, 9.17) is 0 Å². The van der Waals surface area contributed by atoms with Crippen LogP contribution < -0.4 is 4.72 Å². The predicted octanol–water partition coefficient (Wildman–Crippen LogP) is 1.62. The van der Waals surface area contributed by atoms with Crippen molar-refractivity contribution in [3.63, 3.8) is 0 Å². The van der Waals surface area contributed by atoms with Crippen LogP contribution in [-0.2, 0) is 10.0 Å². The molecule has 5 heteroatoms. The lowest BCUT2D eigenvalue weighted by atomic mass is 10.4. The fourth-order valence-corrected chi connectivity index (χ4v) is 2.24. The van der Waals surface area contributed by atoms with E-state index in [1.807, 2.05) is 6.92 Å². The Labute approximate surface area is 84.4 Å². The van der Waals surface area contributed by atoms with E-state index < -0.39 is 10.0 Å². The van der Waals surface area contributed by atoms with Gasteiger partial charge < -0.3 is 0 Å². The predicted molar refractivity (Wildman–Crippen MR) is 56.6 cm³/mol. The third-order valence-electron chi connectivity index (χ3n) is 1.70. The molecule has 14 heavy (non-hydrogen) atoms. The zero-order valence-corrected chi connectivity index (χ0v) is 8.92. The van der Waals surface area contributed by atoms with E-state index >= 15 is 0 Å². The summed E-state index contributed by atoms with van der Waals surface area (Å²) in [6, 6.07) is 3.37. The van der Waals surface area contributed by atoms with Crippen LogP contribution in [0.2, 0.25) is 0 Å². The van der Waals surface area contributed by atoms with Gasteiger partial charge in [0.05, 0.1) is 17.6 Å². The van der Waals surface area contributed by atoms with E-state index in [2.05, 4.69) is 9.71 Å². The van der Waals surface area contributed by atoms with Crippen molar-refractivity contribution in [3.8, 4) is 0 Å². The normalized spacial score (nSPS) is 11.2. The van der Waals surface area contributed by atoms with Crippen LogP contribution in [0.1, 0.15) is 19.8 Å². The lowest BCUT2D eigenvalue weighted by Gasteiger charge is -2.05. The zero-order chi connectivity index (χ0) is 10.4. The molecule has 0 aliphatic carbocycles. The summed E-state index contributed by atoms with van der Waals surface area (Å²) in [5, 5.41) is 0. The minimum Gasteiger partial charge on any atom is -0.282 e. The van der Waals surface area contributed by atoms with Crippen molar-refractivity contribution in [1.29, 1.82) is 0 Å². The number of rotatable bonds is 5. The van der Waals surface area contributed by atoms with Gasteiger partial charge in [0.15, 0.2) is 0 Å². The maximum absolute atomic E-state index is 11.4. The Morgan fingerprint density at radius 1 is 1.50 bits per heavy atom. The van der Waals surface area contributed by atoms with Gasteiger partial charge in [-0.1, -0.05) is 13.3 Å². The summed E-state index contributed by atoms with van der Waals surface area (Å²) in [5.41, 5.74) is 0.517.